The zero-order valence-electron chi connectivity index (χ0n) is 16.7. The Balaban J connectivity index is 1.37. The maximum atomic E-state index is 12.5. The molecule has 1 N–H and O–H groups in total. The number of carbonyl (C=O) groups is 1. The number of rotatable bonds is 7. The number of para-hydroxylation sites is 1. The molecule has 1 amide bonds. The Morgan fingerprint density at radius 2 is 1.87 bits per heavy atom. The van der Waals surface area contributed by atoms with Crippen molar-refractivity contribution < 1.29 is 4.79 Å². The Hall–Kier alpha value is -3.13. The molecule has 0 radical (unpaired) electrons. The summed E-state index contributed by atoms with van der Waals surface area (Å²) in [4.78, 5) is 12.5. The monoisotopic (exact) mass is 418 g/mol. The molecule has 4 aromatic rings. The molecule has 0 saturated heterocycles. The third-order valence-electron chi connectivity index (χ3n) is 5.18. The van der Waals surface area contributed by atoms with Crippen molar-refractivity contribution in [1.82, 2.24) is 24.4 Å². The van der Waals surface area contributed by atoms with Gasteiger partial charge in [0.05, 0.1) is 5.75 Å². The van der Waals surface area contributed by atoms with Crippen LogP contribution in [0.2, 0.25) is 0 Å². The minimum absolute atomic E-state index is 0.0671. The quantitative estimate of drug-likeness (QED) is 0.455. The van der Waals surface area contributed by atoms with Gasteiger partial charge in [-0.25, -0.2) is 0 Å². The molecule has 2 aromatic heterocycles. The first kappa shape index (κ1) is 18.9. The topological polar surface area (TPSA) is 77.1 Å². The van der Waals surface area contributed by atoms with Crippen LogP contribution in [0.25, 0.3) is 17.2 Å². The predicted octanol–water partition coefficient (Wildman–Crippen LogP) is 4.22. The van der Waals surface area contributed by atoms with Gasteiger partial charge in [0.1, 0.15) is 0 Å². The van der Waals surface area contributed by atoms with Crippen molar-refractivity contribution in [2.24, 2.45) is 0 Å². The molecule has 2 heterocycles. The highest BCUT2D eigenvalue weighted by atomic mass is 32.2. The molecule has 0 atom stereocenters. The molecule has 2 aromatic carbocycles. The molecule has 1 aliphatic carbocycles. The Bertz CT molecular complexity index is 1200. The first-order valence-corrected chi connectivity index (χ1v) is 11.1. The fraction of sp³-hybridized carbons (Fsp3) is 0.273. The van der Waals surface area contributed by atoms with E-state index in [1.807, 2.05) is 42.5 Å². The van der Waals surface area contributed by atoms with Gasteiger partial charge in [-0.2, -0.15) is 4.52 Å². The number of nitrogens with zero attached hydrogens (tertiary/aromatic N) is 5. The van der Waals surface area contributed by atoms with Gasteiger partial charge in [0.2, 0.25) is 11.1 Å². The van der Waals surface area contributed by atoms with Crippen LogP contribution in [0.5, 0.6) is 0 Å². The zero-order chi connectivity index (χ0) is 20.5. The Labute approximate surface area is 178 Å². The van der Waals surface area contributed by atoms with Gasteiger partial charge >= 0.3 is 0 Å². The average molecular weight is 419 g/mol. The van der Waals surface area contributed by atoms with Gasteiger partial charge in [0, 0.05) is 17.3 Å². The molecule has 5 rings (SSSR count). The van der Waals surface area contributed by atoms with E-state index in [1.165, 1.54) is 11.8 Å². The zero-order valence-corrected chi connectivity index (χ0v) is 17.5. The van der Waals surface area contributed by atoms with Crippen molar-refractivity contribution in [2.75, 3.05) is 11.1 Å². The summed E-state index contributed by atoms with van der Waals surface area (Å²) in [6.07, 6.45) is 3.12. The van der Waals surface area contributed by atoms with E-state index in [0.717, 1.165) is 47.7 Å². The number of hydrogen-bond acceptors (Lipinski definition) is 5. The van der Waals surface area contributed by atoms with E-state index in [0.29, 0.717) is 11.2 Å². The number of aryl methyl sites for hydroxylation is 1. The first-order chi connectivity index (χ1) is 14.7. The number of amides is 1. The molecular weight excluding hydrogens is 396 g/mol. The van der Waals surface area contributed by atoms with Crippen LogP contribution < -0.4 is 5.32 Å². The van der Waals surface area contributed by atoms with Crippen LogP contribution in [0.4, 0.5) is 5.69 Å². The van der Waals surface area contributed by atoms with Crippen LogP contribution in [-0.2, 0) is 11.2 Å². The number of fused-ring (bicyclic) bond motifs is 1. The van der Waals surface area contributed by atoms with Gasteiger partial charge in [-0.05, 0) is 30.9 Å². The van der Waals surface area contributed by atoms with Gasteiger partial charge in [-0.15, -0.1) is 15.3 Å². The summed E-state index contributed by atoms with van der Waals surface area (Å²) in [5, 5.41) is 17.1. The van der Waals surface area contributed by atoms with E-state index in [2.05, 4.69) is 39.1 Å². The van der Waals surface area contributed by atoms with Gasteiger partial charge in [0.25, 0.3) is 5.78 Å². The summed E-state index contributed by atoms with van der Waals surface area (Å²) in [5.41, 5.74) is 3.04. The minimum atomic E-state index is -0.0671. The third kappa shape index (κ3) is 3.59. The lowest BCUT2D eigenvalue weighted by molar-refractivity contribution is -0.113. The van der Waals surface area contributed by atoms with Gasteiger partial charge in [-0.1, -0.05) is 67.2 Å². The lowest BCUT2D eigenvalue weighted by atomic mass is 10.1. The third-order valence-corrected chi connectivity index (χ3v) is 6.10. The maximum absolute atomic E-state index is 12.5. The molecular formula is C22H22N6OS. The van der Waals surface area contributed by atoms with Crippen LogP contribution in [0.1, 0.15) is 31.4 Å². The SMILES string of the molecule is CCc1ccccc1NC(=O)CSc1nnc2n(C3CC3)c(-c3ccccc3)nn12. The molecule has 8 heteroatoms. The Morgan fingerprint density at radius 3 is 2.63 bits per heavy atom. The van der Waals surface area contributed by atoms with Crippen molar-refractivity contribution in [3.8, 4) is 11.4 Å². The second-order valence-electron chi connectivity index (χ2n) is 7.33. The van der Waals surface area contributed by atoms with Crippen LogP contribution in [0.15, 0.2) is 59.8 Å². The summed E-state index contributed by atoms with van der Waals surface area (Å²) < 4.78 is 3.93. The second kappa shape index (κ2) is 7.95. The summed E-state index contributed by atoms with van der Waals surface area (Å²) in [5.74, 6) is 1.81. The van der Waals surface area contributed by atoms with Crippen LogP contribution >= 0.6 is 11.8 Å². The highest BCUT2D eigenvalue weighted by Gasteiger charge is 2.31. The number of carbonyl (C=O) groups excluding carboxylic acids is 1. The highest BCUT2D eigenvalue weighted by molar-refractivity contribution is 7.99. The second-order valence-corrected chi connectivity index (χ2v) is 8.28. The standard InChI is InChI=1S/C22H22N6OS/c1-2-15-8-6-7-11-18(15)23-19(29)14-30-22-25-24-21-27(17-12-13-17)20(26-28(21)22)16-9-4-3-5-10-16/h3-11,17H,2,12-14H2,1H3,(H,23,29). The van der Waals surface area contributed by atoms with Gasteiger partial charge < -0.3 is 5.32 Å². The smallest absolute Gasteiger partial charge is 0.255 e. The van der Waals surface area contributed by atoms with Crippen LogP contribution in [0, 0.1) is 0 Å². The number of hydrogen-bond donors (Lipinski definition) is 1. The lowest BCUT2D eigenvalue weighted by Gasteiger charge is -2.08. The molecule has 0 aliphatic heterocycles. The molecule has 0 unspecified atom stereocenters. The van der Waals surface area contributed by atoms with E-state index >= 15 is 0 Å². The van der Waals surface area contributed by atoms with Crippen molar-refractivity contribution in [3.05, 3.63) is 60.2 Å². The summed E-state index contributed by atoms with van der Waals surface area (Å²) in [6, 6.07) is 18.4. The molecule has 152 valence electrons. The Kier molecular flexibility index (Phi) is 5.00. The average Bonchev–Trinajstić information content (AvgIpc) is 3.43. The fourth-order valence-corrected chi connectivity index (χ4v) is 4.22. The minimum Gasteiger partial charge on any atom is -0.325 e. The largest absolute Gasteiger partial charge is 0.325 e. The molecule has 0 spiro atoms. The summed E-state index contributed by atoms with van der Waals surface area (Å²) >= 11 is 1.35. The number of anilines is 1. The molecule has 1 aliphatic rings. The van der Waals surface area contributed by atoms with Crippen molar-refractivity contribution in [1.29, 1.82) is 0 Å². The summed E-state index contributed by atoms with van der Waals surface area (Å²) in [7, 11) is 0. The maximum Gasteiger partial charge on any atom is 0.255 e. The van der Waals surface area contributed by atoms with Crippen molar-refractivity contribution in [2.45, 2.75) is 37.4 Å². The van der Waals surface area contributed by atoms with Crippen molar-refractivity contribution >= 4 is 29.1 Å². The van der Waals surface area contributed by atoms with Crippen LogP contribution in [-0.4, -0.2) is 36.0 Å². The number of nitrogens with one attached hydrogen (secondary N) is 1. The number of aromatic nitrogens is 5. The molecule has 1 fully saturated rings. The fourth-order valence-electron chi connectivity index (χ4n) is 3.54. The van der Waals surface area contributed by atoms with E-state index in [-0.39, 0.29) is 11.7 Å². The Morgan fingerprint density at radius 1 is 1.10 bits per heavy atom. The van der Waals surface area contributed by atoms with Crippen molar-refractivity contribution in [3.63, 3.8) is 0 Å². The van der Waals surface area contributed by atoms with E-state index < -0.39 is 0 Å². The normalized spacial score (nSPS) is 13.6. The lowest BCUT2D eigenvalue weighted by Crippen LogP contribution is -2.15. The summed E-state index contributed by atoms with van der Waals surface area (Å²) in [6.45, 7) is 2.08. The molecule has 0 bridgehead atoms. The molecule has 30 heavy (non-hydrogen) atoms. The van der Waals surface area contributed by atoms with E-state index in [1.54, 1.807) is 4.52 Å². The number of benzene rings is 2. The van der Waals surface area contributed by atoms with Gasteiger partial charge in [-0.3, -0.25) is 9.36 Å². The van der Waals surface area contributed by atoms with Gasteiger partial charge in [0.15, 0.2) is 5.82 Å². The molecule has 7 nitrogen and oxygen atoms in total. The number of thioether (sulfide) groups is 1. The van der Waals surface area contributed by atoms with E-state index in [9.17, 15) is 4.79 Å². The van der Waals surface area contributed by atoms with Crippen LogP contribution in [0.3, 0.4) is 0 Å². The van der Waals surface area contributed by atoms with E-state index in [4.69, 9.17) is 5.10 Å². The highest BCUT2D eigenvalue weighted by Crippen LogP contribution is 2.39. The predicted molar refractivity (Wildman–Crippen MR) is 118 cm³/mol. The molecule has 1 saturated carbocycles. The first-order valence-electron chi connectivity index (χ1n) is 10.1.